The highest BCUT2D eigenvalue weighted by Gasteiger charge is 2.38. The van der Waals surface area contributed by atoms with Crippen molar-refractivity contribution in [1.29, 1.82) is 0 Å². The monoisotopic (exact) mass is 298 g/mol. The van der Waals surface area contributed by atoms with E-state index in [4.69, 9.17) is 8.92 Å². The van der Waals surface area contributed by atoms with Gasteiger partial charge in [0.05, 0.1) is 18.0 Å². The van der Waals surface area contributed by atoms with E-state index in [2.05, 4.69) is 31.2 Å². The van der Waals surface area contributed by atoms with E-state index in [1.807, 2.05) is 0 Å². The van der Waals surface area contributed by atoms with Gasteiger partial charge in [-0.3, -0.25) is 4.18 Å². The smallest absolute Gasteiger partial charge is 0.264 e. The van der Waals surface area contributed by atoms with Gasteiger partial charge in [0.1, 0.15) is 0 Å². The topological polar surface area (TPSA) is 52.6 Å². The molecule has 0 spiro atoms. The van der Waals surface area contributed by atoms with Gasteiger partial charge in [-0.05, 0) is 38.2 Å². The molecule has 1 aromatic rings. The highest BCUT2D eigenvalue weighted by molar-refractivity contribution is 7.86. The summed E-state index contributed by atoms with van der Waals surface area (Å²) in [6, 6.07) is 8.34. The minimum atomic E-state index is -3.38. The summed E-state index contributed by atoms with van der Waals surface area (Å²) in [6.07, 6.45) is 3.80. The van der Waals surface area contributed by atoms with Gasteiger partial charge in [0, 0.05) is 7.11 Å². The molecular formula is C15H22O4S. The molecule has 0 bridgehead atoms. The highest BCUT2D eigenvalue weighted by atomic mass is 32.2. The van der Waals surface area contributed by atoms with Gasteiger partial charge in [0.15, 0.2) is 0 Å². The molecule has 0 saturated heterocycles. The van der Waals surface area contributed by atoms with Crippen molar-refractivity contribution in [2.75, 3.05) is 13.4 Å². The first-order valence-corrected chi connectivity index (χ1v) is 8.67. The van der Waals surface area contributed by atoms with Gasteiger partial charge < -0.3 is 4.74 Å². The normalized spacial score (nSPS) is 27.4. The lowest BCUT2D eigenvalue weighted by Crippen LogP contribution is -2.36. The van der Waals surface area contributed by atoms with E-state index in [-0.39, 0.29) is 11.7 Å². The number of methoxy groups -OCH3 is 1. The van der Waals surface area contributed by atoms with E-state index in [1.165, 1.54) is 5.56 Å². The standard InChI is InChI=1S/C15H22O4S/c1-12-4-6-13(7-5-12)15(18-2)10-8-14(9-11-15)19-20(3,16)17/h4-7,14H,8-11H2,1-3H3/t14-,15-. The zero-order valence-corrected chi connectivity index (χ0v) is 13.1. The molecule has 112 valence electrons. The van der Waals surface area contributed by atoms with E-state index in [0.29, 0.717) is 12.8 Å². The van der Waals surface area contributed by atoms with Gasteiger partial charge in [0.25, 0.3) is 10.1 Å². The van der Waals surface area contributed by atoms with Crippen molar-refractivity contribution in [3.05, 3.63) is 35.4 Å². The quantitative estimate of drug-likeness (QED) is 0.802. The maximum absolute atomic E-state index is 11.2. The molecule has 2 rings (SSSR count). The number of hydrogen-bond donors (Lipinski definition) is 0. The van der Waals surface area contributed by atoms with E-state index in [1.54, 1.807) is 7.11 Å². The van der Waals surface area contributed by atoms with E-state index >= 15 is 0 Å². The van der Waals surface area contributed by atoms with Gasteiger partial charge in [-0.25, -0.2) is 0 Å². The number of benzene rings is 1. The van der Waals surface area contributed by atoms with Crippen LogP contribution in [0.2, 0.25) is 0 Å². The Kier molecular flexibility index (Phi) is 4.52. The molecule has 0 amide bonds. The third kappa shape index (κ3) is 3.59. The number of rotatable bonds is 4. The van der Waals surface area contributed by atoms with E-state index in [0.717, 1.165) is 24.7 Å². The molecule has 20 heavy (non-hydrogen) atoms. The van der Waals surface area contributed by atoms with Crippen LogP contribution in [0.25, 0.3) is 0 Å². The van der Waals surface area contributed by atoms with Crippen LogP contribution in [0, 0.1) is 6.92 Å². The Morgan fingerprint density at radius 2 is 1.70 bits per heavy atom. The molecule has 0 aromatic heterocycles. The first-order valence-electron chi connectivity index (χ1n) is 6.85. The van der Waals surface area contributed by atoms with Crippen LogP contribution in [0.1, 0.15) is 36.8 Å². The van der Waals surface area contributed by atoms with Crippen molar-refractivity contribution in [1.82, 2.24) is 0 Å². The van der Waals surface area contributed by atoms with Crippen LogP contribution in [0.4, 0.5) is 0 Å². The lowest BCUT2D eigenvalue weighted by atomic mass is 9.78. The predicted octanol–water partition coefficient (Wildman–Crippen LogP) is 2.76. The molecule has 5 heteroatoms. The van der Waals surface area contributed by atoms with Crippen LogP contribution in [0.5, 0.6) is 0 Å². The fourth-order valence-corrected chi connectivity index (χ4v) is 3.56. The Morgan fingerprint density at radius 1 is 1.15 bits per heavy atom. The average molecular weight is 298 g/mol. The summed E-state index contributed by atoms with van der Waals surface area (Å²) in [5, 5.41) is 0. The molecule has 1 aliphatic carbocycles. The van der Waals surface area contributed by atoms with Gasteiger partial charge in [-0.2, -0.15) is 8.42 Å². The van der Waals surface area contributed by atoms with Crippen LogP contribution >= 0.6 is 0 Å². The van der Waals surface area contributed by atoms with Crippen LogP contribution in [0.3, 0.4) is 0 Å². The second-order valence-electron chi connectivity index (χ2n) is 5.56. The van der Waals surface area contributed by atoms with Crippen LogP contribution < -0.4 is 0 Å². The maximum atomic E-state index is 11.2. The van der Waals surface area contributed by atoms with Crippen molar-refractivity contribution < 1.29 is 17.3 Å². The third-order valence-corrected chi connectivity index (χ3v) is 4.64. The van der Waals surface area contributed by atoms with Crippen molar-refractivity contribution in [2.24, 2.45) is 0 Å². The molecule has 0 atom stereocenters. The van der Waals surface area contributed by atoms with Gasteiger partial charge in [-0.1, -0.05) is 29.8 Å². The Labute approximate surface area is 121 Å². The SMILES string of the molecule is CO[C@]1(c2ccc(C)cc2)CC[C@@H](OS(C)(=O)=O)CC1. The van der Waals surface area contributed by atoms with Crippen molar-refractivity contribution in [3.63, 3.8) is 0 Å². The van der Waals surface area contributed by atoms with Gasteiger partial charge in [-0.15, -0.1) is 0 Å². The molecule has 0 N–H and O–H groups in total. The molecule has 4 nitrogen and oxygen atoms in total. The van der Waals surface area contributed by atoms with Gasteiger partial charge >= 0.3 is 0 Å². The van der Waals surface area contributed by atoms with Crippen LogP contribution in [-0.2, 0) is 24.6 Å². The Balaban J connectivity index is 2.10. The molecule has 0 unspecified atom stereocenters. The van der Waals surface area contributed by atoms with Crippen molar-refractivity contribution in [2.45, 2.75) is 44.3 Å². The summed E-state index contributed by atoms with van der Waals surface area (Å²) in [5.74, 6) is 0. The molecule has 1 aromatic carbocycles. The molecular weight excluding hydrogens is 276 g/mol. The summed E-state index contributed by atoms with van der Waals surface area (Å²) in [7, 11) is -1.66. The highest BCUT2D eigenvalue weighted by Crippen LogP contribution is 2.41. The van der Waals surface area contributed by atoms with E-state index < -0.39 is 10.1 Å². The molecule has 0 aliphatic heterocycles. The summed E-state index contributed by atoms with van der Waals surface area (Å²) in [5.41, 5.74) is 2.06. The summed E-state index contributed by atoms with van der Waals surface area (Å²) < 4.78 is 33.2. The maximum Gasteiger partial charge on any atom is 0.264 e. The summed E-state index contributed by atoms with van der Waals surface area (Å²) in [6.45, 7) is 2.06. The molecule has 0 radical (unpaired) electrons. The first-order chi connectivity index (χ1) is 9.35. The minimum Gasteiger partial charge on any atom is -0.374 e. The zero-order chi connectivity index (χ0) is 14.8. The largest absolute Gasteiger partial charge is 0.374 e. The average Bonchev–Trinajstić information content (AvgIpc) is 2.39. The lowest BCUT2D eigenvalue weighted by Gasteiger charge is -2.39. The lowest BCUT2D eigenvalue weighted by molar-refractivity contribution is -0.0641. The number of aryl methyl sites for hydroxylation is 1. The second kappa shape index (κ2) is 5.84. The zero-order valence-electron chi connectivity index (χ0n) is 12.3. The first kappa shape index (κ1) is 15.5. The van der Waals surface area contributed by atoms with Crippen molar-refractivity contribution >= 4 is 10.1 Å². The Morgan fingerprint density at radius 3 is 2.15 bits per heavy atom. The number of ether oxygens (including phenoxy) is 1. The van der Waals surface area contributed by atoms with E-state index in [9.17, 15) is 8.42 Å². The second-order valence-corrected chi connectivity index (χ2v) is 7.16. The molecule has 1 saturated carbocycles. The summed E-state index contributed by atoms with van der Waals surface area (Å²) in [4.78, 5) is 0. The fraction of sp³-hybridized carbons (Fsp3) is 0.600. The van der Waals surface area contributed by atoms with Crippen molar-refractivity contribution in [3.8, 4) is 0 Å². The van der Waals surface area contributed by atoms with Gasteiger partial charge in [0.2, 0.25) is 0 Å². The number of hydrogen-bond acceptors (Lipinski definition) is 4. The Bertz CT molecular complexity index is 540. The minimum absolute atomic E-state index is 0.223. The summed E-state index contributed by atoms with van der Waals surface area (Å²) >= 11 is 0. The van der Waals surface area contributed by atoms with Crippen LogP contribution in [0.15, 0.2) is 24.3 Å². The molecule has 1 aliphatic rings. The Hall–Kier alpha value is -0.910. The molecule has 0 heterocycles. The third-order valence-electron chi connectivity index (χ3n) is 4.02. The molecule has 1 fully saturated rings. The fourth-order valence-electron chi connectivity index (χ4n) is 2.87. The predicted molar refractivity (Wildman–Crippen MR) is 78.1 cm³/mol. The van der Waals surface area contributed by atoms with Crippen LogP contribution in [-0.4, -0.2) is 27.9 Å².